The Morgan fingerprint density at radius 2 is 1.83 bits per heavy atom. The van der Waals surface area contributed by atoms with Crippen LogP contribution in [0.2, 0.25) is 0 Å². The van der Waals surface area contributed by atoms with Crippen LogP contribution in [0.3, 0.4) is 0 Å². The van der Waals surface area contributed by atoms with E-state index in [2.05, 4.69) is 5.32 Å². The number of benzene rings is 1. The molecule has 1 aromatic rings. The van der Waals surface area contributed by atoms with Crippen LogP contribution in [0.25, 0.3) is 0 Å². The highest BCUT2D eigenvalue weighted by atomic mass is 32.2. The number of hydrogen-bond donors (Lipinski definition) is 1. The quantitative estimate of drug-likeness (QED) is 0.741. The molecular formula is C18H27NO3S. The van der Waals surface area contributed by atoms with E-state index in [0.29, 0.717) is 6.54 Å². The van der Waals surface area contributed by atoms with Crippen LogP contribution in [0.15, 0.2) is 29.2 Å². The number of nitrogens with one attached hydrogen (secondary N) is 1. The molecule has 1 amide bonds. The Morgan fingerprint density at radius 1 is 1.17 bits per heavy atom. The summed E-state index contributed by atoms with van der Waals surface area (Å²) in [5, 5.41) is 2.84. The minimum atomic E-state index is -3.38. The number of sulfone groups is 1. The van der Waals surface area contributed by atoms with Crippen LogP contribution < -0.4 is 5.32 Å². The summed E-state index contributed by atoms with van der Waals surface area (Å²) in [6.07, 6.45) is 7.51. The van der Waals surface area contributed by atoms with Gasteiger partial charge in [-0.3, -0.25) is 4.79 Å². The summed E-state index contributed by atoms with van der Waals surface area (Å²) < 4.78 is 24.3. The molecule has 0 atom stereocenters. The zero-order chi connectivity index (χ0) is 16.7. The first kappa shape index (κ1) is 18.0. The predicted molar refractivity (Wildman–Crippen MR) is 92.1 cm³/mol. The molecule has 4 nitrogen and oxygen atoms in total. The number of hydrogen-bond acceptors (Lipinski definition) is 3. The van der Waals surface area contributed by atoms with Gasteiger partial charge < -0.3 is 5.32 Å². The molecule has 0 heterocycles. The molecule has 0 bridgehead atoms. The van der Waals surface area contributed by atoms with E-state index in [1.165, 1.54) is 32.1 Å². The van der Waals surface area contributed by atoms with Crippen molar-refractivity contribution >= 4 is 15.7 Å². The van der Waals surface area contributed by atoms with Crippen molar-refractivity contribution in [2.24, 2.45) is 5.92 Å². The molecule has 0 spiro atoms. The van der Waals surface area contributed by atoms with Gasteiger partial charge >= 0.3 is 0 Å². The van der Waals surface area contributed by atoms with Crippen molar-refractivity contribution in [3.8, 4) is 0 Å². The van der Waals surface area contributed by atoms with E-state index in [0.717, 1.165) is 17.9 Å². The maximum atomic E-state index is 12.2. The van der Waals surface area contributed by atoms with Gasteiger partial charge in [0.1, 0.15) is 0 Å². The van der Waals surface area contributed by atoms with E-state index in [1.54, 1.807) is 24.3 Å². The summed E-state index contributed by atoms with van der Waals surface area (Å²) in [6.45, 7) is 2.56. The fourth-order valence-corrected chi connectivity index (χ4v) is 4.34. The molecule has 2 rings (SSSR count). The van der Waals surface area contributed by atoms with Gasteiger partial charge in [-0.2, -0.15) is 0 Å². The summed E-state index contributed by atoms with van der Waals surface area (Å²) in [6, 6.07) is 6.75. The predicted octanol–water partition coefficient (Wildman–Crippen LogP) is 3.25. The molecule has 0 radical (unpaired) electrons. The lowest BCUT2D eigenvalue weighted by Crippen LogP contribution is -2.26. The SMILES string of the molecule is Cc1ccc(S(=O)(=O)CCC(=O)NCCCC2CCCC2)cc1. The normalized spacial score (nSPS) is 15.7. The van der Waals surface area contributed by atoms with Crippen LogP contribution >= 0.6 is 0 Å². The topological polar surface area (TPSA) is 63.2 Å². The van der Waals surface area contributed by atoms with E-state index in [1.807, 2.05) is 6.92 Å². The summed E-state index contributed by atoms with van der Waals surface area (Å²) in [7, 11) is -3.38. The summed E-state index contributed by atoms with van der Waals surface area (Å²) in [4.78, 5) is 12.1. The van der Waals surface area contributed by atoms with Crippen LogP contribution in [-0.4, -0.2) is 26.6 Å². The first-order valence-electron chi connectivity index (χ1n) is 8.53. The Hall–Kier alpha value is -1.36. The van der Waals surface area contributed by atoms with E-state index >= 15 is 0 Å². The fourth-order valence-electron chi connectivity index (χ4n) is 3.10. The lowest BCUT2D eigenvalue weighted by molar-refractivity contribution is -0.120. The molecule has 1 saturated carbocycles. The second-order valence-corrected chi connectivity index (χ2v) is 8.63. The van der Waals surface area contributed by atoms with Crippen molar-refractivity contribution < 1.29 is 13.2 Å². The van der Waals surface area contributed by atoms with Gasteiger partial charge in [-0.15, -0.1) is 0 Å². The van der Waals surface area contributed by atoms with Gasteiger partial charge in [0, 0.05) is 13.0 Å². The fraction of sp³-hybridized carbons (Fsp3) is 0.611. The van der Waals surface area contributed by atoms with Gasteiger partial charge in [-0.05, 0) is 37.8 Å². The summed E-state index contributed by atoms with van der Waals surface area (Å²) in [5.41, 5.74) is 1.02. The van der Waals surface area contributed by atoms with Crippen molar-refractivity contribution in [1.29, 1.82) is 0 Å². The average molecular weight is 337 g/mol. The lowest BCUT2D eigenvalue weighted by atomic mass is 10.0. The van der Waals surface area contributed by atoms with Gasteiger partial charge in [0.15, 0.2) is 9.84 Å². The standard InChI is InChI=1S/C18H27NO3S/c1-15-8-10-17(11-9-15)23(21,22)14-12-18(20)19-13-4-7-16-5-2-3-6-16/h8-11,16H,2-7,12-14H2,1H3,(H,19,20). The third-order valence-corrected chi connectivity index (χ3v) is 6.30. The molecule has 1 aliphatic carbocycles. The molecule has 0 aromatic heterocycles. The first-order chi connectivity index (χ1) is 11.0. The van der Waals surface area contributed by atoms with E-state index < -0.39 is 9.84 Å². The first-order valence-corrected chi connectivity index (χ1v) is 10.2. The maximum Gasteiger partial charge on any atom is 0.221 e. The summed E-state index contributed by atoms with van der Waals surface area (Å²) in [5.74, 6) is 0.519. The number of carbonyl (C=O) groups is 1. The number of rotatable bonds is 8. The maximum absolute atomic E-state index is 12.2. The Labute approximate surface area is 139 Å². The molecular weight excluding hydrogens is 310 g/mol. The smallest absolute Gasteiger partial charge is 0.221 e. The van der Waals surface area contributed by atoms with Gasteiger partial charge in [-0.1, -0.05) is 43.4 Å². The minimum absolute atomic E-state index is 0.0274. The number of aryl methyl sites for hydroxylation is 1. The Balaban J connectivity index is 1.67. The van der Waals surface area contributed by atoms with Gasteiger partial charge in [0.2, 0.25) is 5.91 Å². The largest absolute Gasteiger partial charge is 0.356 e. The second-order valence-electron chi connectivity index (χ2n) is 6.52. The van der Waals surface area contributed by atoms with E-state index in [9.17, 15) is 13.2 Å². The number of amides is 1. The highest BCUT2D eigenvalue weighted by Crippen LogP contribution is 2.28. The van der Waals surface area contributed by atoms with Gasteiger partial charge in [-0.25, -0.2) is 8.42 Å². The van der Waals surface area contributed by atoms with E-state index in [-0.39, 0.29) is 23.0 Å². The highest BCUT2D eigenvalue weighted by Gasteiger charge is 2.17. The van der Waals surface area contributed by atoms with Crippen LogP contribution in [0.1, 0.15) is 50.5 Å². The zero-order valence-electron chi connectivity index (χ0n) is 13.9. The Kier molecular flexibility index (Phi) is 6.63. The molecule has 23 heavy (non-hydrogen) atoms. The molecule has 0 unspecified atom stereocenters. The van der Waals surface area contributed by atoms with Crippen molar-refractivity contribution in [2.45, 2.75) is 56.8 Å². The van der Waals surface area contributed by atoms with Crippen LogP contribution in [0, 0.1) is 12.8 Å². The molecule has 0 aliphatic heterocycles. The second kappa shape index (κ2) is 8.48. The molecule has 1 N–H and O–H groups in total. The van der Waals surface area contributed by atoms with Crippen molar-refractivity contribution in [3.05, 3.63) is 29.8 Å². The van der Waals surface area contributed by atoms with Crippen LogP contribution in [0.5, 0.6) is 0 Å². The Bertz CT molecular complexity index is 602. The third kappa shape index (κ3) is 5.98. The third-order valence-electron chi connectivity index (χ3n) is 4.56. The lowest BCUT2D eigenvalue weighted by Gasteiger charge is -2.09. The van der Waals surface area contributed by atoms with Gasteiger partial charge in [0.25, 0.3) is 0 Å². The monoisotopic (exact) mass is 337 g/mol. The molecule has 1 fully saturated rings. The van der Waals surface area contributed by atoms with E-state index in [4.69, 9.17) is 0 Å². The minimum Gasteiger partial charge on any atom is -0.356 e. The van der Waals surface area contributed by atoms with Crippen molar-refractivity contribution in [3.63, 3.8) is 0 Å². The molecule has 1 aromatic carbocycles. The van der Waals surface area contributed by atoms with Crippen LogP contribution in [-0.2, 0) is 14.6 Å². The van der Waals surface area contributed by atoms with Crippen molar-refractivity contribution in [1.82, 2.24) is 5.32 Å². The van der Waals surface area contributed by atoms with Gasteiger partial charge in [0.05, 0.1) is 10.6 Å². The molecule has 0 saturated heterocycles. The van der Waals surface area contributed by atoms with Crippen LogP contribution in [0.4, 0.5) is 0 Å². The van der Waals surface area contributed by atoms with Crippen molar-refractivity contribution in [2.75, 3.05) is 12.3 Å². The highest BCUT2D eigenvalue weighted by molar-refractivity contribution is 7.91. The average Bonchev–Trinajstić information content (AvgIpc) is 3.03. The molecule has 5 heteroatoms. The molecule has 1 aliphatic rings. The molecule has 128 valence electrons. The number of carbonyl (C=O) groups excluding carboxylic acids is 1. The Morgan fingerprint density at radius 3 is 2.48 bits per heavy atom. The zero-order valence-corrected chi connectivity index (χ0v) is 14.7. The summed E-state index contributed by atoms with van der Waals surface area (Å²) >= 11 is 0.